The van der Waals surface area contributed by atoms with Gasteiger partial charge in [-0.25, -0.2) is 4.79 Å². The first-order valence-electron chi connectivity index (χ1n) is 7.85. The van der Waals surface area contributed by atoms with Gasteiger partial charge < -0.3 is 15.4 Å². The topological polar surface area (TPSA) is 50.4 Å². The van der Waals surface area contributed by atoms with Crippen LogP contribution in [0.5, 0.6) is 0 Å². The molecule has 0 aromatic heterocycles. The Balaban J connectivity index is 2.50. The molecule has 0 bridgehead atoms. The van der Waals surface area contributed by atoms with E-state index in [2.05, 4.69) is 33.5 Å². The van der Waals surface area contributed by atoms with E-state index in [0.29, 0.717) is 13.1 Å². The molecule has 0 saturated carbocycles. The highest BCUT2D eigenvalue weighted by Crippen LogP contribution is 2.21. The fraction of sp³-hybridized carbons (Fsp3) is 0.588. The van der Waals surface area contributed by atoms with Crippen molar-refractivity contribution >= 4 is 33.6 Å². The summed E-state index contributed by atoms with van der Waals surface area (Å²) in [7, 11) is 0. The van der Waals surface area contributed by atoms with E-state index in [0.717, 1.165) is 27.9 Å². The minimum Gasteiger partial charge on any atom is -0.444 e. The number of carbonyl (C=O) groups excluding carboxylic acids is 1. The minimum atomic E-state index is -0.483. The van der Waals surface area contributed by atoms with E-state index < -0.39 is 5.60 Å². The third kappa shape index (κ3) is 8.58. The van der Waals surface area contributed by atoms with Crippen LogP contribution >= 0.6 is 27.5 Å². The summed E-state index contributed by atoms with van der Waals surface area (Å²) in [5.74, 6) is 0. The van der Waals surface area contributed by atoms with Crippen molar-refractivity contribution in [1.82, 2.24) is 10.6 Å². The summed E-state index contributed by atoms with van der Waals surface area (Å²) in [5, 5.41) is 6.99. The molecule has 4 nitrogen and oxygen atoms in total. The van der Waals surface area contributed by atoms with Gasteiger partial charge in [0.2, 0.25) is 0 Å². The maximum atomic E-state index is 11.7. The molecular weight excluding hydrogens is 380 g/mol. The largest absolute Gasteiger partial charge is 0.444 e. The van der Waals surface area contributed by atoms with Crippen molar-refractivity contribution < 1.29 is 9.53 Å². The molecule has 0 radical (unpaired) electrons. The summed E-state index contributed by atoms with van der Waals surface area (Å²) in [6.07, 6.45) is 1.60. The standard InChI is InChI=1S/C17H26BrClN2O2/c1-5-6-14(11-21-16(22)23-17(2,3)4)20-10-12-7-8-13(18)9-15(12)19/h7-9,14,20H,5-6,10-11H2,1-4H3,(H,21,22). The van der Waals surface area contributed by atoms with Crippen LogP contribution in [0.3, 0.4) is 0 Å². The predicted molar refractivity (Wildman–Crippen MR) is 98.9 cm³/mol. The van der Waals surface area contributed by atoms with Gasteiger partial charge in [0.25, 0.3) is 0 Å². The Bertz CT molecular complexity index is 518. The van der Waals surface area contributed by atoms with Gasteiger partial charge in [0.1, 0.15) is 5.60 Å². The number of hydrogen-bond donors (Lipinski definition) is 2. The van der Waals surface area contributed by atoms with E-state index in [9.17, 15) is 4.79 Å². The van der Waals surface area contributed by atoms with Crippen molar-refractivity contribution in [3.63, 3.8) is 0 Å². The highest BCUT2D eigenvalue weighted by Gasteiger charge is 2.17. The van der Waals surface area contributed by atoms with E-state index in [1.807, 2.05) is 39.0 Å². The Morgan fingerprint density at radius 3 is 2.65 bits per heavy atom. The first kappa shape index (κ1) is 20.3. The molecule has 0 aliphatic carbocycles. The van der Waals surface area contributed by atoms with Crippen molar-refractivity contribution in [1.29, 1.82) is 0 Å². The van der Waals surface area contributed by atoms with Crippen LogP contribution in [0.25, 0.3) is 0 Å². The second-order valence-electron chi connectivity index (χ2n) is 6.49. The van der Waals surface area contributed by atoms with Crippen molar-refractivity contribution in [2.24, 2.45) is 0 Å². The lowest BCUT2D eigenvalue weighted by atomic mass is 10.1. The van der Waals surface area contributed by atoms with Crippen LogP contribution in [0.1, 0.15) is 46.1 Å². The molecule has 0 fully saturated rings. The normalized spacial score (nSPS) is 12.8. The van der Waals surface area contributed by atoms with Crippen molar-refractivity contribution in [3.8, 4) is 0 Å². The van der Waals surface area contributed by atoms with Gasteiger partial charge in [-0.2, -0.15) is 0 Å². The Labute approximate surface area is 152 Å². The molecule has 0 heterocycles. The minimum absolute atomic E-state index is 0.173. The summed E-state index contributed by atoms with van der Waals surface area (Å²) in [6.45, 7) is 8.86. The van der Waals surface area contributed by atoms with Crippen LogP contribution in [-0.4, -0.2) is 24.3 Å². The van der Waals surface area contributed by atoms with Crippen molar-refractivity contribution in [2.75, 3.05) is 6.54 Å². The molecule has 130 valence electrons. The van der Waals surface area contributed by atoms with Crippen LogP contribution in [0, 0.1) is 0 Å². The number of hydrogen-bond acceptors (Lipinski definition) is 3. The van der Waals surface area contributed by atoms with Gasteiger partial charge in [-0.15, -0.1) is 0 Å². The molecule has 23 heavy (non-hydrogen) atoms. The zero-order chi connectivity index (χ0) is 17.5. The van der Waals surface area contributed by atoms with Gasteiger partial charge >= 0.3 is 6.09 Å². The summed E-state index contributed by atoms with van der Waals surface area (Å²) in [6, 6.07) is 6.01. The van der Waals surface area contributed by atoms with E-state index in [4.69, 9.17) is 16.3 Å². The Morgan fingerprint density at radius 1 is 1.39 bits per heavy atom. The van der Waals surface area contributed by atoms with Crippen LogP contribution < -0.4 is 10.6 Å². The molecule has 1 atom stereocenters. The number of amides is 1. The number of ether oxygens (including phenoxy) is 1. The van der Waals surface area contributed by atoms with Crippen LogP contribution in [0.4, 0.5) is 4.79 Å². The average Bonchev–Trinajstić information content (AvgIpc) is 2.41. The smallest absolute Gasteiger partial charge is 0.407 e. The van der Waals surface area contributed by atoms with Gasteiger partial charge in [0.15, 0.2) is 0 Å². The van der Waals surface area contributed by atoms with E-state index in [-0.39, 0.29) is 12.1 Å². The molecule has 1 unspecified atom stereocenters. The third-order valence-corrected chi connectivity index (χ3v) is 3.97. The summed E-state index contributed by atoms with van der Waals surface area (Å²) in [5.41, 5.74) is 0.552. The molecule has 0 spiro atoms. The quantitative estimate of drug-likeness (QED) is 0.679. The van der Waals surface area contributed by atoms with Crippen LogP contribution in [0.2, 0.25) is 5.02 Å². The number of carbonyl (C=O) groups is 1. The SMILES string of the molecule is CCCC(CNC(=O)OC(C)(C)C)NCc1ccc(Br)cc1Cl. The van der Waals surface area contributed by atoms with Gasteiger partial charge in [0.05, 0.1) is 0 Å². The Hall–Kier alpha value is -0.780. The lowest BCUT2D eigenvalue weighted by molar-refractivity contribution is 0.0521. The maximum Gasteiger partial charge on any atom is 0.407 e. The summed E-state index contributed by atoms with van der Waals surface area (Å²) in [4.78, 5) is 11.7. The number of halogens is 2. The van der Waals surface area contributed by atoms with Gasteiger partial charge in [-0.3, -0.25) is 0 Å². The maximum absolute atomic E-state index is 11.7. The van der Waals surface area contributed by atoms with Crippen LogP contribution in [0.15, 0.2) is 22.7 Å². The molecule has 1 aromatic carbocycles. The third-order valence-electron chi connectivity index (χ3n) is 3.13. The monoisotopic (exact) mass is 404 g/mol. The van der Waals surface area contributed by atoms with Crippen molar-refractivity contribution in [2.45, 2.75) is 58.7 Å². The zero-order valence-corrected chi connectivity index (χ0v) is 16.6. The molecule has 1 aromatic rings. The Morgan fingerprint density at radius 2 is 2.09 bits per heavy atom. The molecule has 0 aliphatic rings. The molecule has 2 N–H and O–H groups in total. The summed E-state index contributed by atoms with van der Waals surface area (Å²) >= 11 is 9.63. The van der Waals surface area contributed by atoms with E-state index >= 15 is 0 Å². The molecule has 0 saturated heterocycles. The van der Waals surface area contributed by atoms with Crippen molar-refractivity contribution in [3.05, 3.63) is 33.3 Å². The lowest BCUT2D eigenvalue weighted by Crippen LogP contribution is -2.42. The highest BCUT2D eigenvalue weighted by atomic mass is 79.9. The van der Waals surface area contributed by atoms with Gasteiger partial charge in [0, 0.05) is 28.6 Å². The number of rotatable bonds is 7. The fourth-order valence-electron chi connectivity index (χ4n) is 2.06. The average molecular weight is 406 g/mol. The number of nitrogens with one attached hydrogen (secondary N) is 2. The van der Waals surface area contributed by atoms with Gasteiger partial charge in [-0.05, 0) is 44.9 Å². The first-order valence-corrected chi connectivity index (χ1v) is 9.02. The second kappa shape index (κ2) is 9.50. The molecule has 1 amide bonds. The summed E-state index contributed by atoms with van der Waals surface area (Å²) < 4.78 is 6.22. The second-order valence-corrected chi connectivity index (χ2v) is 7.81. The number of alkyl carbamates (subject to hydrolysis) is 1. The lowest BCUT2D eigenvalue weighted by Gasteiger charge is -2.22. The van der Waals surface area contributed by atoms with E-state index in [1.165, 1.54) is 0 Å². The van der Waals surface area contributed by atoms with E-state index in [1.54, 1.807) is 0 Å². The molecule has 6 heteroatoms. The zero-order valence-electron chi connectivity index (χ0n) is 14.2. The number of benzene rings is 1. The molecule has 1 rings (SSSR count). The Kier molecular flexibility index (Phi) is 8.37. The van der Waals surface area contributed by atoms with Gasteiger partial charge in [-0.1, -0.05) is 46.9 Å². The van der Waals surface area contributed by atoms with Crippen LogP contribution in [-0.2, 0) is 11.3 Å². The first-order chi connectivity index (χ1) is 10.7. The molecular formula is C17H26BrClN2O2. The fourth-order valence-corrected chi connectivity index (χ4v) is 2.81. The highest BCUT2D eigenvalue weighted by molar-refractivity contribution is 9.10. The molecule has 0 aliphatic heterocycles. The predicted octanol–water partition coefficient (Wildman–Crippen LogP) is 4.89.